The van der Waals surface area contributed by atoms with E-state index in [0.29, 0.717) is 13.1 Å². The Balaban J connectivity index is 1.42. The summed E-state index contributed by atoms with van der Waals surface area (Å²) in [6, 6.07) is 14.9. The quantitative estimate of drug-likeness (QED) is 0.719. The van der Waals surface area contributed by atoms with E-state index >= 15 is 0 Å². The molecule has 7 heteroatoms. The first-order chi connectivity index (χ1) is 15.5. The summed E-state index contributed by atoms with van der Waals surface area (Å²) in [7, 11) is 0. The first-order valence-corrected chi connectivity index (χ1v) is 11.2. The third kappa shape index (κ3) is 4.77. The molecule has 2 N–H and O–H groups in total. The number of carbonyl (C=O) groups excluding carboxylic acids is 2. The number of nitrogens with zero attached hydrogens (tertiary/aromatic N) is 1. The van der Waals surface area contributed by atoms with Gasteiger partial charge >= 0.3 is 12.1 Å². The average molecular weight is 437 g/mol. The number of hydrogen-bond donors (Lipinski definition) is 2. The van der Waals surface area contributed by atoms with Crippen molar-refractivity contribution >= 4 is 18.0 Å². The van der Waals surface area contributed by atoms with Gasteiger partial charge in [0.1, 0.15) is 12.6 Å². The number of benzene rings is 2. The molecule has 0 radical (unpaired) electrons. The van der Waals surface area contributed by atoms with Gasteiger partial charge in [0, 0.05) is 19.0 Å². The van der Waals surface area contributed by atoms with Crippen LogP contribution >= 0.6 is 0 Å². The Bertz CT molecular complexity index is 952. The van der Waals surface area contributed by atoms with E-state index in [1.807, 2.05) is 36.4 Å². The van der Waals surface area contributed by atoms with Crippen molar-refractivity contribution in [2.24, 2.45) is 0 Å². The zero-order valence-corrected chi connectivity index (χ0v) is 18.0. The monoisotopic (exact) mass is 436 g/mol. The van der Waals surface area contributed by atoms with Crippen molar-refractivity contribution in [3.8, 4) is 11.1 Å². The highest BCUT2D eigenvalue weighted by molar-refractivity contribution is 5.89. The van der Waals surface area contributed by atoms with Gasteiger partial charge in [0.15, 0.2) is 0 Å². The Labute approximate surface area is 187 Å². The number of carboxylic acid groups (broad SMARTS) is 1. The van der Waals surface area contributed by atoms with Crippen LogP contribution in [0.5, 0.6) is 0 Å². The fourth-order valence-electron chi connectivity index (χ4n) is 4.67. The second-order valence-corrected chi connectivity index (χ2v) is 8.36. The molecule has 1 fully saturated rings. The Hall–Kier alpha value is -3.35. The molecule has 0 bridgehead atoms. The molecule has 2 aliphatic rings. The lowest BCUT2D eigenvalue weighted by Crippen LogP contribution is -2.50. The van der Waals surface area contributed by atoms with E-state index in [4.69, 9.17) is 4.74 Å². The van der Waals surface area contributed by atoms with Crippen molar-refractivity contribution in [1.29, 1.82) is 0 Å². The van der Waals surface area contributed by atoms with Crippen molar-refractivity contribution in [2.45, 2.75) is 44.1 Å². The Morgan fingerprint density at radius 2 is 1.50 bits per heavy atom. The normalized spacial score (nSPS) is 16.4. The molecule has 2 aromatic carbocycles. The van der Waals surface area contributed by atoms with Gasteiger partial charge in [-0.2, -0.15) is 0 Å². The highest BCUT2D eigenvalue weighted by atomic mass is 16.5. The Morgan fingerprint density at radius 3 is 2.06 bits per heavy atom. The molecule has 4 rings (SSSR count). The zero-order chi connectivity index (χ0) is 22.5. The molecule has 0 saturated carbocycles. The van der Waals surface area contributed by atoms with Crippen LogP contribution in [-0.2, 0) is 14.3 Å². The number of rotatable bonds is 6. The van der Waals surface area contributed by atoms with Crippen molar-refractivity contribution in [2.75, 3.05) is 19.7 Å². The van der Waals surface area contributed by atoms with Gasteiger partial charge in [-0.15, -0.1) is 0 Å². The molecule has 2 aromatic rings. The van der Waals surface area contributed by atoms with Gasteiger partial charge in [-0.25, -0.2) is 4.79 Å². The van der Waals surface area contributed by atoms with E-state index in [1.165, 1.54) is 0 Å². The van der Waals surface area contributed by atoms with Crippen molar-refractivity contribution < 1.29 is 24.2 Å². The van der Waals surface area contributed by atoms with E-state index in [1.54, 1.807) is 4.90 Å². The average Bonchev–Trinajstić information content (AvgIpc) is 2.93. The highest BCUT2D eigenvalue weighted by Crippen LogP contribution is 2.44. The molecule has 7 nitrogen and oxygen atoms in total. The third-order valence-electron chi connectivity index (χ3n) is 6.23. The van der Waals surface area contributed by atoms with Crippen LogP contribution in [-0.4, -0.2) is 53.7 Å². The summed E-state index contributed by atoms with van der Waals surface area (Å²) in [6.07, 6.45) is 2.62. The fraction of sp³-hybridized carbons (Fsp3) is 0.400. The summed E-state index contributed by atoms with van der Waals surface area (Å²) in [5.74, 6) is -1.60. The van der Waals surface area contributed by atoms with E-state index in [-0.39, 0.29) is 18.4 Å². The summed E-state index contributed by atoms with van der Waals surface area (Å²) in [5, 5.41) is 11.8. The Kier molecular flexibility index (Phi) is 6.73. The number of likely N-dealkylation sites (tertiary alicyclic amines) is 1. The first-order valence-electron chi connectivity index (χ1n) is 11.2. The van der Waals surface area contributed by atoms with Crippen LogP contribution in [0.15, 0.2) is 48.5 Å². The van der Waals surface area contributed by atoms with Gasteiger partial charge in [0.2, 0.25) is 5.91 Å². The number of alkyl carbamates (subject to hydrolysis) is 1. The summed E-state index contributed by atoms with van der Waals surface area (Å²) in [4.78, 5) is 38.5. The molecule has 0 aromatic heterocycles. The van der Waals surface area contributed by atoms with Crippen LogP contribution in [0.25, 0.3) is 11.1 Å². The smallest absolute Gasteiger partial charge is 0.407 e. The topological polar surface area (TPSA) is 95.9 Å². The maximum atomic E-state index is 12.9. The molecular formula is C25H28N2O5. The van der Waals surface area contributed by atoms with Gasteiger partial charge in [-0.05, 0) is 35.1 Å². The SMILES string of the molecule is O=C(O)CC(NC(=O)OCC1c2ccccc2-c2ccccc21)C(=O)N1CCCCCC1. The molecule has 1 saturated heterocycles. The Morgan fingerprint density at radius 1 is 0.938 bits per heavy atom. The standard InChI is InChI=1S/C25H28N2O5/c28-23(29)15-22(24(30)27-13-7-1-2-8-14-27)26-25(31)32-16-21-19-11-5-3-9-17(19)18-10-4-6-12-20(18)21/h3-6,9-12,21-22H,1-2,7-8,13-16H2,(H,26,31)(H,28,29). The maximum absolute atomic E-state index is 12.9. The van der Waals surface area contributed by atoms with Crippen LogP contribution < -0.4 is 5.32 Å². The molecule has 1 unspecified atom stereocenters. The molecule has 1 aliphatic heterocycles. The van der Waals surface area contributed by atoms with Gasteiger partial charge < -0.3 is 20.1 Å². The number of nitrogens with one attached hydrogen (secondary N) is 1. The molecule has 2 amide bonds. The molecule has 1 atom stereocenters. The largest absolute Gasteiger partial charge is 0.481 e. The second kappa shape index (κ2) is 9.85. The van der Waals surface area contributed by atoms with Crippen LogP contribution in [0, 0.1) is 0 Å². The summed E-state index contributed by atoms with van der Waals surface area (Å²) in [6.45, 7) is 1.28. The number of carboxylic acids is 1. The summed E-state index contributed by atoms with van der Waals surface area (Å²) in [5.41, 5.74) is 4.42. The van der Waals surface area contributed by atoms with Crippen molar-refractivity contribution in [1.82, 2.24) is 10.2 Å². The summed E-state index contributed by atoms with van der Waals surface area (Å²) >= 11 is 0. The number of aliphatic carboxylic acids is 1. The summed E-state index contributed by atoms with van der Waals surface area (Å²) < 4.78 is 5.50. The molecule has 32 heavy (non-hydrogen) atoms. The van der Waals surface area contributed by atoms with Crippen LogP contribution in [0.4, 0.5) is 4.79 Å². The van der Waals surface area contributed by atoms with Crippen LogP contribution in [0.3, 0.4) is 0 Å². The molecule has 1 aliphatic carbocycles. The van der Waals surface area contributed by atoms with Crippen molar-refractivity contribution in [3.05, 3.63) is 59.7 Å². The van der Waals surface area contributed by atoms with Gasteiger partial charge in [-0.1, -0.05) is 61.4 Å². The number of carbonyl (C=O) groups is 3. The number of fused-ring (bicyclic) bond motifs is 3. The number of ether oxygens (including phenoxy) is 1. The minimum absolute atomic E-state index is 0.104. The number of hydrogen-bond acceptors (Lipinski definition) is 4. The fourth-order valence-corrected chi connectivity index (χ4v) is 4.67. The lowest BCUT2D eigenvalue weighted by Gasteiger charge is -2.26. The third-order valence-corrected chi connectivity index (χ3v) is 6.23. The molecular weight excluding hydrogens is 408 g/mol. The zero-order valence-electron chi connectivity index (χ0n) is 18.0. The van der Waals surface area contributed by atoms with Crippen LogP contribution in [0.1, 0.15) is 49.1 Å². The van der Waals surface area contributed by atoms with E-state index in [0.717, 1.165) is 47.9 Å². The minimum atomic E-state index is -1.14. The molecule has 0 spiro atoms. The van der Waals surface area contributed by atoms with Gasteiger partial charge in [-0.3, -0.25) is 9.59 Å². The van der Waals surface area contributed by atoms with E-state index < -0.39 is 24.5 Å². The van der Waals surface area contributed by atoms with Gasteiger partial charge in [0.05, 0.1) is 6.42 Å². The minimum Gasteiger partial charge on any atom is -0.481 e. The van der Waals surface area contributed by atoms with Crippen LogP contribution in [0.2, 0.25) is 0 Å². The second-order valence-electron chi connectivity index (χ2n) is 8.36. The maximum Gasteiger partial charge on any atom is 0.407 e. The predicted octanol–water partition coefficient (Wildman–Crippen LogP) is 3.77. The predicted molar refractivity (Wildman–Crippen MR) is 119 cm³/mol. The molecule has 168 valence electrons. The lowest BCUT2D eigenvalue weighted by molar-refractivity contribution is -0.142. The van der Waals surface area contributed by atoms with E-state index in [2.05, 4.69) is 17.4 Å². The van der Waals surface area contributed by atoms with Gasteiger partial charge in [0.25, 0.3) is 0 Å². The van der Waals surface area contributed by atoms with Crippen molar-refractivity contribution in [3.63, 3.8) is 0 Å². The first kappa shape index (κ1) is 21.9. The highest BCUT2D eigenvalue weighted by Gasteiger charge is 2.31. The lowest BCUT2D eigenvalue weighted by atomic mass is 9.98. The van der Waals surface area contributed by atoms with E-state index in [9.17, 15) is 19.5 Å². The number of amides is 2. The molecule has 1 heterocycles.